The third-order valence-electron chi connectivity index (χ3n) is 2.72. The summed E-state index contributed by atoms with van der Waals surface area (Å²) in [6.45, 7) is 4.84. The molecule has 0 amide bonds. The van der Waals surface area contributed by atoms with E-state index in [1.165, 1.54) is 0 Å². The average molecular weight is 187 g/mol. The predicted molar refractivity (Wildman–Crippen MR) is 45.4 cm³/mol. The van der Waals surface area contributed by atoms with Crippen molar-refractivity contribution in [3.63, 3.8) is 0 Å². The van der Waals surface area contributed by atoms with Crippen LogP contribution in [0, 0.1) is 11.8 Å². The minimum absolute atomic E-state index is 1.04. The first-order valence-electron chi connectivity index (χ1n) is 4.01. The molecule has 0 spiro atoms. The van der Waals surface area contributed by atoms with Crippen molar-refractivity contribution < 1.29 is 0 Å². The fourth-order valence-corrected chi connectivity index (χ4v) is 11.6. The third-order valence-corrected chi connectivity index (χ3v) is 10.1. The van der Waals surface area contributed by atoms with Crippen molar-refractivity contribution in [3.8, 4) is 0 Å². The molecule has 2 atom stereocenters. The van der Waals surface area contributed by atoms with Crippen molar-refractivity contribution in [1.29, 1.82) is 0 Å². The van der Waals surface area contributed by atoms with Crippen molar-refractivity contribution in [2.45, 2.75) is 35.9 Å². The molecule has 2 unspecified atom stereocenters. The van der Waals surface area contributed by atoms with Crippen LogP contribution in [0.4, 0.5) is 0 Å². The van der Waals surface area contributed by atoms with Crippen LogP contribution < -0.4 is 0 Å². The molecule has 1 heterocycles. The summed E-state index contributed by atoms with van der Waals surface area (Å²) in [7, 11) is 0. The normalized spacial score (nSPS) is 41.3. The second-order valence-corrected chi connectivity index (χ2v) is 15.3. The number of hydrogen-bond donors (Lipinski definition) is 0. The molecule has 0 N–H and O–H groups in total. The molecule has 1 aliphatic heterocycles. The summed E-state index contributed by atoms with van der Waals surface area (Å²) in [5.41, 5.74) is 0. The fourth-order valence-electron chi connectivity index (χ4n) is 2.23. The number of hydrogen-bond acceptors (Lipinski definition) is 0. The van der Waals surface area contributed by atoms with Crippen LogP contribution in [0.3, 0.4) is 0 Å². The number of rotatable bonds is 0. The van der Waals surface area contributed by atoms with Crippen molar-refractivity contribution in [2.75, 3.05) is 0 Å². The molecule has 0 aromatic heterocycles. The van der Waals surface area contributed by atoms with Crippen LogP contribution in [-0.2, 0) is 0 Å². The zero-order chi connectivity index (χ0) is 7.07. The molecule has 0 saturated carbocycles. The summed E-state index contributed by atoms with van der Waals surface area (Å²) in [5, 5.41) is 3.22. The van der Waals surface area contributed by atoms with Crippen LogP contribution in [0.5, 0.6) is 0 Å². The Morgan fingerprint density at radius 3 is 1.44 bits per heavy atom. The van der Waals surface area contributed by atoms with E-state index in [1.54, 1.807) is 10.5 Å². The van der Waals surface area contributed by atoms with Gasteiger partial charge in [0.15, 0.2) is 0 Å². The Labute approximate surface area is 61.4 Å². The van der Waals surface area contributed by atoms with Gasteiger partial charge < -0.3 is 0 Å². The van der Waals surface area contributed by atoms with E-state index in [-0.39, 0.29) is 0 Å². The molecule has 1 fully saturated rings. The zero-order valence-electron chi connectivity index (χ0n) is 7.07. The van der Waals surface area contributed by atoms with Gasteiger partial charge in [0.1, 0.15) is 0 Å². The molecule has 9 heavy (non-hydrogen) atoms. The van der Waals surface area contributed by atoms with Crippen molar-refractivity contribution in [2.24, 2.45) is 11.8 Å². The molecule has 54 valence electrons. The Kier molecular flexibility index (Phi) is 1.95. The standard InChI is InChI=1S/C8H18Ge/c1-7-5-9(3,4)6-8(7)2/h7-8H,5-6H2,1-4H3. The van der Waals surface area contributed by atoms with E-state index < -0.39 is 13.3 Å². The Morgan fingerprint density at radius 2 is 1.33 bits per heavy atom. The van der Waals surface area contributed by atoms with E-state index in [9.17, 15) is 0 Å². The first kappa shape index (κ1) is 7.65. The molecule has 0 radical (unpaired) electrons. The van der Waals surface area contributed by atoms with Crippen LogP contribution in [-0.4, -0.2) is 13.3 Å². The van der Waals surface area contributed by atoms with Gasteiger partial charge in [-0.3, -0.25) is 0 Å². The molecule has 0 nitrogen and oxygen atoms in total. The van der Waals surface area contributed by atoms with E-state index in [1.807, 2.05) is 0 Å². The van der Waals surface area contributed by atoms with Gasteiger partial charge in [-0.1, -0.05) is 0 Å². The molecule has 0 aromatic rings. The third kappa shape index (κ3) is 1.73. The van der Waals surface area contributed by atoms with E-state index in [4.69, 9.17) is 0 Å². The van der Waals surface area contributed by atoms with E-state index >= 15 is 0 Å². The molecule has 1 saturated heterocycles. The first-order valence-corrected chi connectivity index (χ1v) is 11.2. The average Bonchev–Trinajstić information content (AvgIpc) is 1.79. The quantitative estimate of drug-likeness (QED) is 0.511. The van der Waals surface area contributed by atoms with Gasteiger partial charge in [0, 0.05) is 0 Å². The topological polar surface area (TPSA) is 0 Å². The Balaban J connectivity index is 2.54. The predicted octanol–water partition coefficient (Wildman–Crippen LogP) is 2.98. The Bertz CT molecular complexity index is 95.1. The van der Waals surface area contributed by atoms with Crippen LogP contribution in [0.25, 0.3) is 0 Å². The summed E-state index contributed by atoms with van der Waals surface area (Å²) in [6, 6.07) is 0. The van der Waals surface area contributed by atoms with Crippen LogP contribution in [0.15, 0.2) is 0 Å². The molecule has 0 aliphatic carbocycles. The van der Waals surface area contributed by atoms with Gasteiger partial charge >= 0.3 is 61.0 Å². The molecule has 0 bridgehead atoms. The molecular formula is C8H18Ge. The van der Waals surface area contributed by atoms with E-state index in [2.05, 4.69) is 25.4 Å². The first-order chi connectivity index (χ1) is 4.01. The van der Waals surface area contributed by atoms with Crippen LogP contribution in [0.1, 0.15) is 13.8 Å². The second-order valence-electron chi connectivity index (χ2n) is 4.53. The maximum absolute atomic E-state index is 2.57. The monoisotopic (exact) mass is 188 g/mol. The van der Waals surface area contributed by atoms with Crippen molar-refractivity contribution >= 4 is 13.3 Å². The van der Waals surface area contributed by atoms with Gasteiger partial charge in [0.05, 0.1) is 0 Å². The van der Waals surface area contributed by atoms with E-state index in [0.29, 0.717) is 0 Å². The zero-order valence-corrected chi connectivity index (χ0v) is 9.17. The van der Waals surface area contributed by atoms with Gasteiger partial charge in [0.25, 0.3) is 0 Å². The summed E-state index contributed by atoms with van der Waals surface area (Å²) in [4.78, 5) is 0. The Hall–Kier alpha value is 0.543. The summed E-state index contributed by atoms with van der Waals surface area (Å²) in [6.07, 6.45) is 0. The summed E-state index contributed by atoms with van der Waals surface area (Å²) in [5.74, 6) is 7.22. The van der Waals surface area contributed by atoms with Gasteiger partial charge in [-0.2, -0.15) is 0 Å². The van der Waals surface area contributed by atoms with Gasteiger partial charge in [-0.15, -0.1) is 0 Å². The summed E-state index contributed by atoms with van der Waals surface area (Å²) >= 11 is -1.12. The molecule has 1 rings (SSSR count). The molecule has 1 heteroatoms. The SMILES string of the molecule is CC1[CH2][Ge]([CH3])([CH3])[CH2]C1C. The van der Waals surface area contributed by atoms with Crippen LogP contribution >= 0.6 is 0 Å². The van der Waals surface area contributed by atoms with Gasteiger partial charge in [-0.05, 0) is 0 Å². The molecular weight excluding hydrogens is 169 g/mol. The second kappa shape index (κ2) is 2.30. The summed E-state index contributed by atoms with van der Waals surface area (Å²) < 4.78 is 0. The molecule has 0 aromatic carbocycles. The van der Waals surface area contributed by atoms with Gasteiger partial charge in [-0.25, -0.2) is 0 Å². The maximum atomic E-state index is 2.57. The minimum atomic E-state index is -1.12. The van der Waals surface area contributed by atoms with Crippen molar-refractivity contribution in [3.05, 3.63) is 0 Å². The van der Waals surface area contributed by atoms with E-state index in [0.717, 1.165) is 11.8 Å². The van der Waals surface area contributed by atoms with Crippen molar-refractivity contribution in [1.82, 2.24) is 0 Å². The Morgan fingerprint density at radius 1 is 1.00 bits per heavy atom. The fraction of sp³-hybridized carbons (Fsp3) is 1.00. The molecule has 1 aliphatic rings. The van der Waals surface area contributed by atoms with Gasteiger partial charge in [0.2, 0.25) is 0 Å². The van der Waals surface area contributed by atoms with Crippen LogP contribution in [0.2, 0.25) is 22.0 Å².